The molecule has 0 bridgehead atoms. The first-order valence-electron chi connectivity index (χ1n) is 6.43. The molecule has 0 unspecified atom stereocenters. The average molecular weight is 288 g/mol. The zero-order valence-electron chi connectivity index (χ0n) is 11.5. The van der Waals surface area contributed by atoms with Crippen LogP contribution in [0.5, 0.6) is 0 Å². The van der Waals surface area contributed by atoms with E-state index in [0.717, 1.165) is 41.1 Å². The number of hydrogen-bond donors (Lipinski definition) is 0. The number of aromatic nitrogens is 1. The normalized spacial score (nSPS) is 11.3. The van der Waals surface area contributed by atoms with E-state index in [0.29, 0.717) is 0 Å². The molecule has 0 amide bonds. The number of thiazole rings is 1. The maximum Gasteiger partial charge on any atom is 0.162 e. The van der Waals surface area contributed by atoms with Gasteiger partial charge in [0.15, 0.2) is 10.8 Å². The van der Waals surface area contributed by atoms with Gasteiger partial charge in [-0.1, -0.05) is 0 Å². The standard InChI is InChI=1S/C15H16N2O2S/c1-11-5-6-13(19-11)9-17(2)8-12-10-20-15(16-12)14-4-3-7-18-14/h3-7,10H,8-9H2,1-2H3. The second-order valence-electron chi connectivity index (χ2n) is 4.81. The topological polar surface area (TPSA) is 42.4 Å². The third kappa shape index (κ3) is 3.00. The molecule has 0 aliphatic heterocycles. The molecule has 0 radical (unpaired) electrons. The summed E-state index contributed by atoms with van der Waals surface area (Å²) in [5.41, 5.74) is 1.05. The number of rotatable bonds is 5. The third-order valence-corrected chi connectivity index (χ3v) is 3.84. The van der Waals surface area contributed by atoms with Crippen molar-refractivity contribution < 1.29 is 8.83 Å². The lowest BCUT2D eigenvalue weighted by Crippen LogP contribution is -2.17. The van der Waals surface area contributed by atoms with E-state index in [4.69, 9.17) is 8.83 Å². The summed E-state index contributed by atoms with van der Waals surface area (Å²) >= 11 is 1.60. The Morgan fingerprint density at radius 2 is 2.15 bits per heavy atom. The fourth-order valence-corrected chi connectivity index (χ4v) is 2.84. The van der Waals surface area contributed by atoms with Gasteiger partial charge < -0.3 is 8.83 Å². The van der Waals surface area contributed by atoms with Gasteiger partial charge >= 0.3 is 0 Å². The Morgan fingerprint density at radius 1 is 1.25 bits per heavy atom. The largest absolute Gasteiger partial charge is 0.465 e. The van der Waals surface area contributed by atoms with Crippen LogP contribution in [-0.4, -0.2) is 16.9 Å². The van der Waals surface area contributed by atoms with Gasteiger partial charge in [0.05, 0.1) is 18.5 Å². The third-order valence-electron chi connectivity index (χ3n) is 2.94. The molecular formula is C15H16N2O2S. The molecule has 5 heteroatoms. The first-order valence-corrected chi connectivity index (χ1v) is 7.31. The Kier molecular flexibility index (Phi) is 3.71. The molecule has 3 rings (SSSR count). The Balaban J connectivity index is 1.63. The van der Waals surface area contributed by atoms with Gasteiger partial charge in [-0.05, 0) is 38.2 Å². The Bertz CT molecular complexity index is 670. The first-order chi connectivity index (χ1) is 9.70. The predicted octanol–water partition coefficient (Wildman–Crippen LogP) is 3.94. The van der Waals surface area contributed by atoms with Gasteiger partial charge in [0, 0.05) is 11.9 Å². The summed E-state index contributed by atoms with van der Waals surface area (Å²) in [4.78, 5) is 6.77. The van der Waals surface area contributed by atoms with Gasteiger partial charge in [0.1, 0.15) is 11.5 Å². The summed E-state index contributed by atoms with van der Waals surface area (Å²) < 4.78 is 10.9. The van der Waals surface area contributed by atoms with Gasteiger partial charge in [-0.2, -0.15) is 0 Å². The molecule has 0 spiro atoms. The van der Waals surface area contributed by atoms with E-state index in [2.05, 4.69) is 22.3 Å². The summed E-state index contributed by atoms with van der Waals surface area (Å²) in [6.07, 6.45) is 1.67. The van der Waals surface area contributed by atoms with Crippen molar-refractivity contribution in [3.05, 3.63) is 53.1 Å². The smallest absolute Gasteiger partial charge is 0.162 e. The van der Waals surface area contributed by atoms with Gasteiger partial charge in [0.2, 0.25) is 0 Å². The van der Waals surface area contributed by atoms with Gasteiger partial charge in [-0.25, -0.2) is 4.98 Å². The van der Waals surface area contributed by atoms with Crippen molar-refractivity contribution in [2.24, 2.45) is 0 Å². The molecule has 0 aliphatic carbocycles. The molecule has 104 valence electrons. The van der Waals surface area contributed by atoms with Crippen LogP contribution in [-0.2, 0) is 13.1 Å². The molecule has 0 aromatic carbocycles. The highest BCUT2D eigenvalue weighted by atomic mass is 32.1. The second-order valence-corrected chi connectivity index (χ2v) is 5.66. The van der Waals surface area contributed by atoms with Crippen LogP contribution in [0.3, 0.4) is 0 Å². The molecule has 3 heterocycles. The first kappa shape index (κ1) is 13.1. The van der Waals surface area contributed by atoms with E-state index in [1.54, 1.807) is 17.6 Å². The number of aryl methyl sites for hydroxylation is 1. The molecule has 0 N–H and O–H groups in total. The van der Waals surface area contributed by atoms with Crippen molar-refractivity contribution in [2.45, 2.75) is 20.0 Å². The fraction of sp³-hybridized carbons (Fsp3) is 0.267. The number of nitrogens with zero attached hydrogens (tertiary/aromatic N) is 2. The quantitative estimate of drug-likeness (QED) is 0.713. The summed E-state index contributed by atoms with van der Waals surface area (Å²) in [5.74, 6) is 2.75. The average Bonchev–Trinajstić information content (AvgIpc) is 3.10. The predicted molar refractivity (Wildman–Crippen MR) is 78.4 cm³/mol. The van der Waals surface area contributed by atoms with Gasteiger partial charge in [0.25, 0.3) is 0 Å². The monoisotopic (exact) mass is 288 g/mol. The summed E-state index contributed by atoms with van der Waals surface area (Å²) in [5, 5.41) is 2.99. The molecule has 0 saturated carbocycles. The lowest BCUT2D eigenvalue weighted by Gasteiger charge is -2.13. The molecular weight excluding hydrogens is 272 g/mol. The minimum absolute atomic E-state index is 0.779. The van der Waals surface area contributed by atoms with Crippen LogP contribution in [0.15, 0.2) is 44.7 Å². The van der Waals surface area contributed by atoms with Crippen LogP contribution < -0.4 is 0 Å². The fourth-order valence-electron chi connectivity index (χ4n) is 2.06. The zero-order chi connectivity index (χ0) is 13.9. The molecule has 20 heavy (non-hydrogen) atoms. The van der Waals surface area contributed by atoms with E-state index in [-0.39, 0.29) is 0 Å². The van der Waals surface area contributed by atoms with E-state index in [9.17, 15) is 0 Å². The summed E-state index contributed by atoms with van der Waals surface area (Å²) in [6, 6.07) is 7.81. The van der Waals surface area contributed by atoms with Crippen molar-refractivity contribution in [3.63, 3.8) is 0 Å². The van der Waals surface area contributed by atoms with E-state index < -0.39 is 0 Å². The van der Waals surface area contributed by atoms with Gasteiger partial charge in [-0.15, -0.1) is 11.3 Å². The lowest BCUT2D eigenvalue weighted by atomic mass is 10.3. The minimum Gasteiger partial charge on any atom is -0.465 e. The lowest BCUT2D eigenvalue weighted by molar-refractivity contribution is 0.283. The SMILES string of the molecule is Cc1ccc(CN(C)Cc2csc(-c3ccco3)n2)o1. The Labute approximate surface area is 121 Å². The van der Waals surface area contributed by atoms with E-state index in [1.165, 1.54) is 0 Å². The van der Waals surface area contributed by atoms with Crippen LogP contribution in [0.25, 0.3) is 10.8 Å². The summed E-state index contributed by atoms with van der Waals surface area (Å²) in [6.45, 7) is 3.53. The molecule has 0 atom stereocenters. The van der Waals surface area contributed by atoms with Gasteiger partial charge in [-0.3, -0.25) is 4.90 Å². The summed E-state index contributed by atoms with van der Waals surface area (Å²) in [7, 11) is 2.06. The van der Waals surface area contributed by atoms with Crippen molar-refractivity contribution in [3.8, 4) is 10.8 Å². The van der Waals surface area contributed by atoms with Crippen LogP contribution in [0, 0.1) is 6.92 Å². The zero-order valence-corrected chi connectivity index (χ0v) is 12.3. The van der Waals surface area contributed by atoms with Crippen molar-refractivity contribution in [2.75, 3.05) is 7.05 Å². The highest BCUT2D eigenvalue weighted by Crippen LogP contribution is 2.24. The second kappa shape index (κ2) is 5.64. The molecule has 4 nitrogen and oxygen atoms in total. The maximum absolute atomic E-state index is 5.58. The molecule has 3 aromatic heterocycles. The number of hydrogen-bond acceptors (Lipinski definition) is 5. The van der Waals surface area contributed by atoms with Crippen LogP contribution in [0.2, 0.25) is 0 Å². The highest BCUT2D eigenvalue weighted by Gasteiger charge is 2.10. The Hall–Kier alpha value is -1.85. The van der Waals surface area contributed by atoms with Crippen molar-refractivity contribution in [1.82, 2.24) is 9.88 Å². The van der Waals surface area contributed by atoms with E-state index in [1.807, 2.05) is 31.2 Å². The molecule has 0 aliphatic rings. The van der Waals surface area contributed by atoms with Crippen molar-refractivity contribution >= 4 is 11.3 Å². The maximum atomic E-state index is 5.58. The highest BCUT2D eigenvalue weighted by molar-refractivity contribution is 7.13. The van der Waals surface area contributed by atoms with Crippen LogP contribution >= 0.6 is 11.3 Å². The molecule has 0 fully saturated rings. The van der Waals surface area contributed by atoms with E-state index >= 15 is 0 Å². The molecule has 3 aromatic rings. The number of furan rings is 2. The van der Waals surface area contributed by atoms with Crippen molar-refractivity contribution in [1.29, 1.82) is 0 Å². The van der Waals surface area contributed by atoms with Crippen LogP contribution in [0.4, 0.5) is 0 Å². The minimum atomic E-state index is 0.779. The Morgan fingerprint density at radius 3 is 2.85 bits per heavy atom. The van der Waals surface area contributed by atoms with Crippen LogP contribution in [0.1, 0.15) is 17.2 Å². The molecule has 0 saturated heterocycles.